The van der Waals surface area contributed by atoms with Crippen molar-refractivity contribution in [2.75, 3.05) is 6.61 Å². The number of benzene rings is 1. The van der Waals surface area contributed by atoms with Crippen LogP contribution in [0.15, 0.2) is 65.7 Å². The van der Waals surface area contributed by atoms with Gasteiger partial charge in [0, 0.05) is 24.0 Å². The SMILES string of the molecule is CCOc1ccc(-c2ccc(=O)n(Cc3cccnc3)n2)cc1. The average molecular weight is 307 g/mol. The van der Waals surface area contributed by atoms with Crippen molar-refractivity contribution in [1.29, 1.82) is 0 Å². The van der Waals surface area contributed by atoms with E-state index < -0.39 is 0 Å². The van der Waals surface area contributed by atoms with Gasteiger partial charge in [0.1, 0.15) is 5.75 Å². The highest BCUT2D eigenvalue weighted by Gasteiger charge is 2.05. The van der Waals surface area contributed by atoms with Crippen LogP contribution < -0.4 is 10.3 Å². The molecule has 5 heteroatoms. The molecule has 23 heavy (non-hydrogen) atoms. The Balaban J connectivity index is 1.89. The quantitative estimate of drug-likeness (QED) is 0.727. The number of pyridine rings is 1. The van der Waals surface area contributed by atoms with Gasteiger partial charge in [0.05, 0.1) is 18.8 Å². The third-order valence-corrected chi connectivity index (χ3v) is 3.38. The van der Waals surface area contributed by atoms with Crippen molar-refractivity contribution in [3.8, 4) is 17.0 Å². The summed E-state index contributed by atoms with van der Waals surface area (Å²) in [6.07, 6.45) is 3.44. The summed E-state index contributed by atoms with van der Waals surface area (Å²) in [4.78, 5) is 16.1. The monoisotopic (exact) mass is 307 g/mol. The van der Waals surface area contributed by atoms with Crippen molar-refractivity contribution >= 4 is 0 Å². The van der Waals surface area contributed by atoms with E-state index in [1.807, 2.05) is 43.3 Å². The van der Waals surface area contributed by atoms with Gasteiger partial charge >= 0.3 is 0 Å². The molecule has 0 aliphatic carbocycles. The molecule has 0 aliphatic heterocycles. The predicted octanol–water partition coefficient (Wildman–Crippen LogP) is 2.75. The van der Waals surface area contributed by atoms with Crippen LogP contribution in [-0.4, -0.2) is 21.4 Å². The van der Waals surface area contributed by atoms with E-state index in [0.29, 0.717) is 13.2 Å². The summed E-state index contributed by atoms with van der Waals surface area (Å²) in [6.45, 7) is 2.98. The highest BCUT2D eigenvalue weighted by Crippen LogP contribution is 2.19. The summed E-state index contributed by atoms with van der Waals surface area (Å²) in [6, 6.07) is 14.7. The Morgan fingerprint density at radius 3 is 2.61 bits per heavy atom. The Labute approximate surface area is 134 Å². The zero-order valence-corrected chi connectivity index (χ0v) is 12.8. The number of aromatic nitrogens is 3. The van der Waals surface area contributed by atoms with Crippen LogP contribution in [0.2, 0.25) is 0 Å². The topological polar surface area (TPSA) is 57.0 Å². The van der Waals surface area contributed by atoms with Crippen LogP contribution in [0.3, 0.4) is 0 Å². The molecule has 0 fully saturated rings. The maximum Gasteiger partial charge on any atom is 0.267 e. The normalized spacial score (nSPS) is 10.5. The first kappa shape index (κ1) is 15.0. The molecule has 2 heterocycles. The van der Waals surface area contributed by atoms with Gasteiger partial charge in [0.25, 0.3) is 5.56 Å². The number of hydrogen-bond donors (Lipinski definition) is 0. The summed E-state index contributed by atoms with van der Waals surface area (Å²) in [7, 11) is 0. The van der Waals surface area contributed by atoms with Crippen molar-refractivity contribution in [2.24, 2.45) is 0 Å². The zero-order chi connectivity index (χ0) is 16.1. The molecule has 0 saturated carbocycles. The van der Waals surface area contributed by atoms with Crippen LogP contribution in [0.4, 0.5) is 0 Å². The molecule has 3 rings (SSSR count). The minimum absolute atomic E-state index is 0.136. The molecule has 0 bridgehead atoms. The number of hydrogen-bond acceptors (Lipinski definition) is 4. The second-order valence-electron chi connectivity index (χ2n) is 5.03. The van der Waals surface area contributed by atoms with Gasteiger partial charge in [0.15, 0.2) is 0 Å². The minimum Gasteiger partial charge on any atom is -0.494 e. The molecule has 0 unspecified atom stereocenters. The summed E-state index contributed by atoms with van der Waals surface area (Å²) in [5, 5.41) is 4.45. The molecule has 0 amide bonds. The molecule has 1 aromatic carbocycles. The van der Waals surface area contributed by atoms with Crippen LogP contribution in [0.1, 0.15) is 12.5 Å². The smallest absolute Gasteiger partial charge is 0.267 e. The van der Waals surface area contributed by atoms with Gasteiger partial charge in [-0.05, 0) is 48.9 Å². The van der Waals surface area contributed by atoms with Crippen molar-refractivity contribution in [3.63, 3.8) is 0 Å². The molecular weight excluding hydrogens is 290 g/mol. The standard InChI is InChI=1S/C18H17N3O2/c1-2-23-16-7-5-15(6-8-16)17-9-10-18(22)21(20-17)13-14-4-3-11-19-12-14/h3-12H,2,13H2,1H3. The molecule has 5 nitrogen and oxygen atoms in total. The molecule has 0 N–H and O–H groups in total. The second-order valence-corrected chi connectivity index (χ2v) is 5.03. The zero-order valence-electron chi connectivity index (χ0n) is 12.8. The summed E-state index contributed by atoms with van der Waals surface area (Å²) < 4.78 is 6.88. The fourth-order valence-corrected chi connectivity index (χ4v) is 2.27. The molecule has 3 aromatic rings. The van der Waals surface area contributed by atoms with E-state index in [1.54, 1.807) is 18.5 Å². The lowest BCUT2D eigenvalue weighted by Crippen LogP contribution is -2.22. The third kappa shape index (κ3) is 3.63. The maximum absolute atomic E-state index is 12.0. The van der Waals surface area contributed by atoms with Gasteiger partial charge in [-0.15, -0.1) is 0 Å². The summed E-state index contributed by atoms with van der Waals surface area (Å²) in [5.74, 6) is 0.819. The molecule has 116 valence electrons. The Morgan fingerprint density at radius 2 is 1.91 bits per heavy atom. The van der Waals surface area contributed by atoms with Crippen LogP contribution in [0.25, 0.3) is 11.3 Å². The van der Waals surface area contributed by atoms with Gasteiger partial charge in [-0.3, -0.25) is 9.78 Å². The molecule has 0 radical (unpaired) electrons. The fraction of sp³-hybridized carbons (Fsp3) is 0.167. The second kappa shape index (κ2) is 6.87. The fourth-order valence-electron chi connectivity index (χ4n) is 2.27. The van der Waals surface area contributed by atoms with Gasteiger partial charge in [-0.1, -0.05) is 6.07 Å². The largest absolute Gasteiger partial charge is 0.494 e. The van der Waals surface area contributed by atoms with Crippen LogP contribution in [0, 0.1) is 0 Å². The van der Waals surface area contributed by atoms with E-state index >= 15 is 0 Å². The molecule has 0 atom stereocenters. The van der Waals surface area contributed by atoms with Gasteiger partial charge in [0.2, 0.25) is 0 Å². The van der Waals surface area contributed by atoms with E-state index in [9.17, 15) is 4.79 Å². The molecule has 2 aromatic heterocycles. The Morgan fingerprint density at radius 1 is 1.09 bits per heavy atom. The molecular formula is C18H17N3O2. The lowest BCUT2D eigenvalue weighted by Gasteiger charge is -2.08. The summed E-state index contributed by atoms with van der Waals surface area (Å²) >= 11 is 0. The third-order valence-electron chi connectivity index (χ3n) is 3.38. The van der Waals surface area contributed by atoms with E-state index in [-0.39, 0.29) is 5.56 Å². The summed E-state index contributed by atoms with van der Waals surface area (Å²) in [5.41, 5.74) is 2.49. The van der Waals surface area contributed by atoms with E-state index in [0.717, 1.165) is 22.6 Å². The molecule has 0 saturated heterocycles. The van der Waals surface area contributed by atoms with Crippen molar-refractivity contribution in [3.05, 3.63) is 76.8 Å². The van der Waals surface area contributed by atoms with E-state index in [2.05, 4.69) is 10.1 Å². The van der Waals surface area contributed by atoms with Crippen molar-refractivity contribution in [2.45, 2.75) is 13.5 Å². The molecule has 0 spiro atoms. The average Bonchev–Trinajstić information content (AvgIpc) is 2.59. The van der Waals surface area contributed by atoms with Crippen LogP contribution in [0.5, 0.6) is 5.75 Å². The highest BCUT2D eigenvalue weighted by atomic mass is 16.5. The minimum atomic E-state index is -0.136. The Hall–Kier alpha value is -2.95. The lowest BCUT2D eigenvalue weighted by molar-refractivity contribution is 0.340. The van der Waals surface area contributed by atoms with Crippen molar-refractivity contribution in [1.82, 2.24) is 14.8 Å². The van der Waals surface area contributed by atoms with E-state index in [1.165, 1.54) is 10.7 Å². The first-order valence-electron chi connectivity index (χ1n) is 7.46. The Bertz CT molecular complexity index is 827. The Kier molecular flexibility index (Phi) is 4.47. The van der Waals surface area contributed by atoms with Gasteiger partial charge < -0.3 is 4.74 Å². The first-order chi connectivity index (χ1) is 11.3. The van der Waals surface area contributed by atoms with Gasteiger partial charge in [-0.25, -0.2) is 4.68 Å². The highest BCUT2D eigenvalue weighted by molar-refractivity contribution is 5.59. The maximum atomic E-state index is 12.0. The number of ether oxygens (including phenoxy) is 1. The van der Waals surface area contributed by atoms with Crippen molar-refractivity contribution < 1.29 is 4.74 Å². The lowest BCUT2D eigenvalue weighted by atomic mass is 10.1. The van der Waals surface area contributed by atoms with E-state index in [4.69, 9.17) is 4.74 Å². The van der Waals surface area contributed by atoms with Gasteiger partial charge in [-0.2, -0.15) is 5.10 Å². The number of rotatable bonds is 5. The van der Waals surface area contributed by atoms with Crippen LogP contribution >= 0.6 is 0 Å². The number of nitrogens with zero attached hydrogens (tertiary/aromatic N) is 3. The molecule has 0 aliphatic rings. The predicted molar refractivity (Wildman–Crippen MR) is 88.4 cm³/mol. The first-order valence-corrected chi connectivity index (χ1v) is 7.46. The van der Waals surface area contributed by atoms with Crippen LogP contribution in [-0.2, 0) is 6.54 Å².